The van der Waals surface area contributed by atoms with Crippen LogP contribution in [-0.4, -0.2) is 80.8 Å². The molecule has 5 aliphatic heterocycles. The minimum absolute atomic E-state index is 0.00404. The summed E-state index contributed by atoms with van der Waals surface area (Å²) < 4.78 is 64.8. The average Bonchev–Trinajstić information content (AvgIpc) is 3.90. The lowest BCUT2D eigenvalue weighted by Gasteiger charge is -2.48. The number of hydrogen-bond acceptors (Lipinski definition) is 11. The highest BCUT2D eigenvalue weighted by molar-refractivity contribution is 6.04. The minimum Gasteiger partial charge on any atom is -0.461 e. The number of aromatic nitrogens is 3. The van der Waals surface area contributed by atoms with Crippen molar-refractivity contribution in [1.29, 1.82) is 0 Å². The summed E-state index contributed by atoms with van der Waals surface area (Å²) in [7, 11) is 0. The molecule has 5 atom stereocenters. The van der Waals surface area contributed by atoms with Crippen LogP contribution < -0.4 is 21.2 Å². The Balaban J connectivity index is 1.13. The van der Waals surface area contributed by atoms with Crippen molar-refractivity contribution in [1.82, 2.24) is 24.8 Å². The van der Waals surface area contributed by atoms with Crippen LogP contribution in [0.4, 0.5) is 24.7 Å². The Bertz CT molecular complexity index is 2520. The standard InChI is InChI=1S/C42H42F3N7O4/c1-3-26-28(44)11-9-22-15-24(46)16-27(34(22)26)37-36(45)38-35-29(47-37)7-5-8-30-31-12-10-25(51(31)20-33-32(4-2)55-41(53)56-33)19-52(30)39(35)49-40(48-38)54-21-42-13-6-14-50(42)18-23(43)17-42/h1,9,11,15-16,23,25,30-31H,4-8,10,12-14,17-21,46H2,2H3/t23-,25-,30-,31+,42+/m1/s1. The summed E-state index contributed by atoms with van der Waals surface area (Å²) >= 11 is 0. The van der Waals surface area contributed by atoms with Crippen LogP contribution >= 0.6 is 0 Å². The third-order valence-corrected chi connectivity index (χ3v) is 13.0. The molecule has 5 aliphatic rings. The Hall–Kier alpha value is -5.13. The number of halogens is 3. The van der Waals surface area contributed by atoms with E-state index < -0.39 is 29.2 Å². The van der Waals surface area contributed by atoms with E-state index in [0.29, 0.717) is 83.8 Å². The molecule has 0 unspecified atom stereocenters. The molecule has 2 N–H and O–H groups in total. The van der Waals surface area contributed by atoms with E-state index in [1.54, 1.807) is 18.2 Å². The number of hydrogen-bond donors (Lipinski definition) is 1. The Morgan fingerprint density at radius 3 is 2.75 bits per heavy atom. The zero-order chi connectivity index (χ0) is 38.5. The van der Waals surface area contributed by atoms with E-state index in [2.05, 4.69) is 20.6 Å². The summed E-state index contributed by atoms with van der Waals surface area (Å²) in [4.78, 5) is 33.8. The monoisotopic (exact) mass is 765 g/mol. The fraction of sp³-hybridized carbons (Fsp3) is 0.476. The molecule has 11 nitrogen and oxygen atoms in total. The first-order valence-electron chi connectivity index (χ1n) is 19.7. The molecular formula is C42H42F3N7O4. The van der Waals surface area contributed by atoms with Gasteiger partial charge in [-0.05, 0) is 75.1 Å². The number of ether oxygens (including phenoxy) is 1. The first-order chi connectivity index (χ1) is 27.1. The van der Waals surface area contributed by atoms with Crippen LogP contribution in [0.25, 0.3) is 32.9 Å². The second kappa shape index (κ2) is 13.2. The van der Waals surface area contributed by atoms with Crippen molar-refractivity contribution in [3.63, 3.8) is 0 Å². The lowest BCUT2D eigenvalue weighted by molar-refractivity contribution is 0.106. The molecule has 0 saturated carbocycles. The zero-order valence-corrected chi connectivity index (χ0v) is 31.1. The molecule has 10 rings (SSSR count). The topological polar surface area (TPSA) is 127 Å². The predicted molar refractivity (Wildman–Crippen MR) is 204 cm³/mol. The van der Waals surface area contributed by atoms with Crippen LogP contribution in [0.3, 0.4) is 0 Å². The molecule has 0 aliphatic carbocycles. The van der Waals surface area contributed by atoms with E-state index in [-0.39, 0.29) is 53.1 Å². The maximum Gasteiger partial charge on any atom is 0.519 e. The molecule has 3 aromatic heterocycles. The molecule has 8 heterocycles. The van der Waals surface area contributed by atoms with Gasteiger partial charge in [-0.15, -0.1) is 6.42 Å². The molecule has 14 heteroatoms. The van der Waals surface area contributed by atoms with Crippen molar-refractivity contribution in [2.24, 2.45) is 0 Å². The zero-order valence-electron chi connectivity index (χ0n) is 31.1. The van der Waals surface area contributed by atoms with Gasteiger partial charge in [0.05, 0.1) is 28.7 Å². The number of pyridine rings is 1. The van der Waals surface area contributed by atoms with Gasteiger partial charge in [0.2, 0.25) is 0 Å². The first kappa shape index (κ1) is 35.3. The number of terminal acetylenes is 1. The number of rotatable bonds is 7. The largest absolute Gasteiger partial charge is 0.519 e. The maximum absolute atomic E-state index is 17.5. The van der Waals surface area contributed by atoms with Gasteiger partial charge in [-0.25, -0.2) is 22.9 Å². The van der Waals surface area contributed by atoms with E-state index in [4.69, 9.17) is 40.7 Å². The Morgan fingerprint density at radius 2 is 1.91 bits per heavy atom. The first-order valence-corrected chi connectivity index (χ1v) is 19.7. The molecule has 4 saturated heterocycles. The van der Waals surface area contributed by atoms with Crippen molar-refractivity contribution in [2.45, 2.75) is 101 Å². The van der Waals surface area contributed by atoms with Crippen molar-refractivity contribution in [2.75, 3.05) is 36.9 Å². The number of anilines is 2. The van der Waals surface area contributed by atoms with Gasteiger partial charge in [0.1, 0.15) is 35.6 Å². The van der Waals surface area contributed by atoms with Gasteiger partial charge < -0.3 is 24.2 Å². The van der Waals surface area contributed by atoms with Crippen LogP contribution in [0, 0.1) is 24.0 Å². The minimum atomic E-state index is -0.944. The quantitative estimate of drug-likeness (QED) is 0.148. The van der Waals surface area contributed by atoms with E-state index in [1.165, 1.54) is 6.07 Å². The number of nitrogen functional groups attached to an aromatic ring is 1. The fourth-order valence-corrected chi connectivity index (χ4v) is 10.6. The number of nitrogens with zero attached hydrogens (tertiary/aromatic N) is 6. The van der Waals surface area contributed by atoms with Crippen molar-refractivity contribution < 1.29 is 26.7 Å². The lowest BCUT2D eigenvalue weighted by Crippen LogP contribution is -2.60. The number of aryl methyl sites for hydroxylation is 2. The highest BCUT2D eigenvalue weighted by Gasteiger charge is 2.50. The predicted octanol–water partition coefficient (Wildman–Crippen LogP) is 6.31. The van der Waals surface area contributed by atoms with E-state index in [0.717, 1.165) is 45.1 Å². The van der Waals surface area contributed by atoms with Crippen LogP contribution in [0.5, 0.6) is 6.01 Å². The molecule has 290 valence electrons. The van der Waals surface area contributed by atoms with Crippen LogP contribution in [0.15, 0.2) is 37.9 Å². The van der Waals surface area contributed by atoms with Crippen LogP contribution in [0.2, 0.25) is 0 Å². The van der Waals surface area contributed by atoms with Crippen LogP contribution in [0.1, 0.15) is 74.6 Å². The molecule has 5 aromatic rings. The summed E-state index contributed by atoms with van der Waals surface area (Å²) in [5, 5.41) is 1.41. The second-order valence-corrected chi connectivity index (χ2v) is 16.1. The summed E-state index contributed by atoms with van der Waals surface area (Å²) in [6.45, 7) is 4.32. The fourth-order valence-electron chi connectivity index (χ4n) is 10.6. The highest BCUT2D eigenvalue weighted by atomic mass is 19.1. The van der Waals surface area contributed by atoms with Gasteiger partial charge in [-0.1, -0.05) is 18.9 Å². The summed E-state index contributed by atoms with van der Waals surface area (Å²) in [5.41, 5.74) is 7.12. The summed E-state index contributed by atoms with van der Waals surface area (Å²) in [6, 6.07) is 6.32. The molecule has 2 aromatic carbocycles. The summed E-state index contributed by atoms with van der Waals surface area (Å²) in [6.07, 6.45) is 11.4. The van der Waals surface area contributed by atoms with E-state index >= 15 is 8.78 Å². The number of nitrogens with two attached hydrogens (primary N) is 1. The van der Waals surface area contributed by atoms with Crippen LogP contribution in [-0.2, 0) is 19.4 Å². The van der Waals surface area contributed by atoms with Gasteiger partial charge in [-0.2, -0.15) is 9.97 Å². The average molecular weight is 766 g/mol. The van der Waals surface area contributed by atoms with Gasteiger partial charge in [-0.3, -0.25) is 9.80 Å². The van der Waals surface area contributed by atoms with Crippen molar-refractivity contribution in [3.05, 3.63) is 69.3 Å². The molecule has 0 spiro atoms. The molecular weight excluding hydrogens is 724 g/mol. The normalized spacial score (nSPS) is 26.0. The molecule has 0 radical (unpaired) electrons. The molecule has 2 bridgehead atoms. The number of alkyl halides is 1. The third kappa shape index (κ3) is 5.49. The SMILES string of the molecule is C#Cc1c(F)ccc2cc(N)cc(-c3nc4c5c(nc(OC[C@@]67CCCN6C[C@H](F)C7)nc5c3F)N3C[C@H]5CC[C@@H]([C@H]3CCC4)N5Cc3oc(=O)oc3CC)c12. The van der Waals surface area contributed by atoms with Gasteiger partial charge in [0.25, 0.3) is 0 Å². The molecule has 0 amide bonds. The second-order valence-electron chi connectivity index (χ2n) is 16.1. The maximum atomic E-state index is 17.5. The molecule has 56 heavy (non-hydrogen) atoms. The van der Waals surface area contributed by atoms with Gasteiger partial charge in [0, 0.05) is 60.7 Å². The number of fused-ring (bicyclic) bond motifs is 7. The third-order valence-electron chi connectivity index (χ3n) is 13.0. The Morgan fingerprint density at radius 1 is 1.05 bits per heavy atom. The Kier molecular flexibility index (Phi) is 8.34. The number of piperazine rings is 1. The van der Waals surface area contributed by atoms with E-state index in [1.807, 2.05) is 6.92 Å². The Labute approximate surface area is 321 Å². The van der Waals surface area contributed by atoms with Gasteiger partial charge >= 0.3 is 11.8 Å². The highest BCUT2D eigenvalue weighted by Crippen LogP contribution is 2.46. The smallest absolute Gasteiger partial charge is 0.461 e. The van der Waals surface area contributed by atoms with E-state index in [9.17, 15) is 9.18 Å². The summed E-state index contributed by atoms with van der Waals surface area (Å²) in [5.74, 6) is 2.11. The van der Waals surface area contributed by atoms with Crippen molar-refractivity contribution in [3.8, 4) is 29.6 Å². The number of benzene rings is 2. The molecule has 4 fully saturated rings. The van der Waals surface area contributed by atoms with Gasteiger partial charge in [0.15, 0.2) is 17.3 Å². The van der Waals surface area contributed by atoms with Crippen molar-refractivity contribution >= 4 is 33.2 Å². The lowest BCUT2D eigenvalue weighted by atomic mass is 9.92.